The molecule has 0 radical (unpaired) electrons. The highest BCUT2D eigenvalue weighted by Gasteiger charge is 2.23. The van der Waals surface area contributed by atoms with Crippen molar-refractivity contribution in [1.29, 1.82) is 0 Å². The van der Waals surface area contributed by atoms with Crippen molar-refractivity contribution in [3.8, 4) is 0 Å². The van der Waals surface area contributed by atoms with Gasteiger partial charge in [-0.2, -0.15) is 0 Å². The topological polar surface area (TPSA) is 49.8 Å². The van der Waals surface area contributed by atoms with E-state index in [1.807, 2.05) is 0 Å². The van der Waals surface area contributed by atoms with Crippen molar-refractivity contribution >= 4 is 5.97 Å². The van der Waals surface area contributed by atoms with E-state index in [1.165, 1.54) is 11.1 Å². The monoisotopic (exact) mass is 281 g/mol. The SMILES string of the molecule is CC(C)=CCCC(C)=CCN1CCOCC(C(=O)O)C1. The van der Waals surface area contributed by atoms with Crippen LogP contribution in [0, 0.1) is 5.92 Å². The Hall–Kier alpha value is -1.13. The summed E-state index contributed by atoms with van der Waals surface area (Å²) in [4.78, 5) is 13.2. The van der Waals surface area contributed by atoms with Crippen LogP contribution in [0.3, 0.4) is 0 Å². The fourth-order valence-corrected chi connectivity index (χ4v) is 2.17. The largest absolute Gasteiger partial charge is 0.481 e. The predicted octanol–water partition coefficient (Wildman–Crippen LogP) is 2.71. The molecule has 0 spiro atoms. The van der Waals surface area contributed by atoms with Crippen LogP contribution in [-0.2, 0) is 9.53 Å². The number of carboxylic acid groups (broad SMARTS) is 1. The van der Waals surface area contributed by atoms with Gasteiger partial charge in [0.25, 0.3) is 0 Å². The molecule has 0 aromatic carbocycles. The number of rotatable bonds is 6. The summed E-state index contributed by atoms with van der Waals surface area (Å²) in [6, 6.07) is 0. The summed E-state index contributed by atoms with van der Waals surface area (Å²) >= 11 is 0. The van der Waals surface area contributed by atoms with E-state index in [1.54, 1.807) is 0 Å². The molecular formula is C16H27NO3. The Morgan fingerprint density at radius 2 is 2.10 bits per heavy atom. The van der Waals surface area contributed by atoms with Crippen LogP contribution in [0.1, 0.15) is 33.6 Å². The zero-order valence-electron chi connectivity index (χ0n) is 12.9. The normalized spacial score (nSPS) is 21.4. The maximum absolute atomic E-state index is 11.1. The van der Waals surface area contributed by atoms with E-state index in [4.69, 9.17) is 9.84 Å². The van der Waals surface area contributed by atoms with Gasteiger partial charge in [0.2, 0.25) is 0 Å². The van der Waals surface area contributed by atoms with Gasteiger partial charge in [-0.1, -0.05) is 23.3 Å². The van der Waals surface area contributed by atoms with Gasteiger partial charge in [-0.05, 0) is 33.6 Å². The van der Waals surface area contributed by atoms with Crippen molar-refractivity contribution in [2.24, 2.45) is 5.92 Å². The lowest BCUT2D eigenvalue weighted by atomic mass is 10.1. The number of carboxylic acids is 1. The van der Waals surface area contributed by atoms with Gasteiger partial charge in [0.05, 0.1) is 19.1 Å². The Kier molecular flexibility index (Phi) is 7.55. The molecule has 1 fully saturated rings. The second-order valence-electron chi connectivity index (χ2n) is 5.74. The average Bonchev–Trinajstić information content (AvgIpc) is 2.61. The average molecular weight is 281 g/mol. The third kappa shape index (κ3) is 6.87. The first-order valence-electron chi connectivity index (χ1n) is 7.31. The maximum atomic E-state index is 11.1. The molecule has 20 heavy (non-hydrogen) atoms. The number of aliphatic carboxylic acids is 1. The smallest absolute Gasteiger partial charge is 0.310 e. The van der Waals surface area contributed by atoms with E-state index >= 15 is 0 Å². The molecule has 1 saturated heterocycles. The molecule has 1 heterocycles. The lowest BCUT2D eigenvalue weighted by molar-refractivity contribution is -0.143. The zero-order valence-corrected chi connectivity index (χ0v) is 12.9. The second-order valence-corrected chi connectivity index (χ2v) is 5.74. The van der Waals surface area contributed by atoms with Gasteiger partial charge in [0.15, 0.2) is 0 Å². The van der Waals surface area contributed by atoms with E-state index in [2.05, 4.69) is 37.8 Å². The van der Waals surface area contributed by atoms with Crippen molar-refractivity contribution in [2.75, 3.05) is 32.8 Å². The number of ether oxygens (including phenoxy) is 1. The predicted molar refractivity (Wildman–Crippen MR) is 80.8 cm³/mol. The molecule has 1 aliphatic rings. The summed E-state index contributed by atoms with van der Waals surface area (Å²) in [6.07, 6.45) is 6.60. The van der Waals surface area contributed by atoms with E-state index in [9.17, 15) is 4.79 Å². The molecule has 1 atom stereocenters. The van der Waals surface area contributed by atoms with Crippen LogP contribution >= 0.6 is 0 Å². The molecule has 0 aromatic heterocycles. The van der Waals surface area contributed by atoms with Gasteiger partial charge in [0.1, 0.15) is 0 Å². The van der Waals surface area contributed by atoms with Gasteiger partial charge in [-0.15, -0.1) is 0 Å². The number of hydrogen-bond acceptors (Lipinski definition) is 3. The van der Waals surface area contributed by atoms with Crippen LogP contribution in [0.2, 0.25) is 0 Å². The first kappa shape index (κ1) is 16.9. The Morgan fingerprint density at radius 1 is 1.35 bits per heavy atom. The number of allylic oxidation sites excluding steroid dienone is 3. The summed E-state index contributed by atoms with van der Waals surface area (Å²) in [7, 11) is 0. The van der Waals surface area contributed by atoms with Gasteiger partial charge < -0.3 is 9.84 Å². The minimum Gasteiger partial charge on any atom is -0.481 e. The van der Waals surface area contributed by atoms with E-state index in [0.29, 0.717) is 19.8 Å². The summed E-state index contributed by atoms with van der Waals surface area (Å²) < 4.78 is 5.35. The molecule has 114 valence electrons. The fraction of sp³-hybridized carbons (Fsp3) is 0.688. The minimum atomic E-state index is -0.763. The summed E-state index contributed by atoms with van der Waals surface area (Å²) in [5, 5.41) is 9.10. The van der Waals surface area contributed by atoms with Crippen molar-refractivity contribution in [1.82, 2.24) is 4.90 Å². The van der Waals surface area contributed by atoms with Gasteiger partial charge >= 0.3 is 5.97 Å². The highest BCUT2D eigenvalue weighted by Crippen LogP contribution is 2.10. The van der Waals surface area contributed by atoms with Gasteiger partial charge in [-0.3, -0.25) is 9.69 Å². The van der Waals surface area contributed by atoms with Crippen molar-refractivity contribution in [3.63, 3.8) is 0 Å². The summed E-state index contributed by atoms with van der Waals surface area (Å²) in [5.41, 5.74) is 2.71. The van der Waals surface area contributed by atoms with Crippen molar-refractivity contribution < 1.29 is 14.6 Å². The minimum absolute atomic E-state index is 0.328. The van der Waals surface area contributed by atoms with Crippen molar-refractivity contribution in [3.05, 3.63) is 23.3 Å². The lowest BCUT2D eigenvalue weighted by Gasteiger charge is -2.20. The van der Waals surface area contributed by atoms with Crippen LogP contribution in [0.4, 0.5) is 0 Å². The summed E-state index contributed by atoms with van der Waals surface area (Å²) in [6.45, 7) is 9.51. The molecule has 1 unspecified atom stereocenters. The molecule has 4 nitrogen and oxygen atoms in total. The Morgan fingerprint density at radius 3 is 2.75 bits per heavy atom. The highest BCUT2D eigenvalue weighted by molar-refractivity contribution is 5.70. The molecule has 0 bridgehead atoms. The molecule has 1 N–H and O–H groups in total. The quantitative estimate of drug-likeness (QED) is 0.761. The fourth-order valence-electron chi connectivity index (χ4n) is 2.17. The van der Waals surface area contributed by atoms with Crippen LogP contribution in [0.25, 0.3) is 0 Å². The molecule has 0 saturated carbocycles. The highest BCUT2D eigenvalue weighted by atomic mass is 16.5. The Labute approximate surface area is 122 Å². The third-order valence-corrected chi connectivity index (χ3v) is 3.49. The van der Waals surface area contributed by atoms with E-state index in [-0.39, 0.29) is 0 Å². The van der Waals surface area contributed by atoms with Crippen LogP contribution in [0.15, 0.2) is 23.3 Å². The lowest BCUT2D eigenvalue weighted by Crippen LogP contribution is -2.33. The molecule has 0 amide bonds. The first-order chi connectivity index (χ1) is 9.49. The van der Waals surface area contributed by atoms with Crippen LogP contribution in [-0.4, -0.2) is 48.8 Å². The number of hydrogen-bond donors (Lipinski definition) is 1. The van der Waals surface area contributed by atoms with Gasteiger partial charge in [-0.25, -0.2) is 0 Å². The van der Waals surface area contributed by atoms with Gasteiger partial charge in [0, 0.05) is 19.6 Å². The molecular weight excluding hydrogens is 254 g/mol. The zero-order chi connectivity index (χ0) is 15.0. The van der Waals surface area contributed by atoms with Crippen LogP contribution < -0.4 is 0 Å². The molecule has 0 aliphatic carbocycles. The standard InChI is InChI=1S/C16H27NO3/c1-13(2)5-4-6-14(3)7-8-17-9-10-20-12-15(11-17)16(18)19/h5,7,15H,4,6,8-12H2,1-3H3,(H,18,19). The number of carbonyl (C=O) groups is 1. The molecule has 1 rings (SSSR count). The summed E-state index contributed by atoms with van der Waals surface area (Å²) in [5.74, 6) is -1.17. The Balaban J connectivity index is 2.41. The second kappa shape index (κ2) is 8.93. The number of nitrogens with zero attached hydrogens (tertiary/aromatic N) is 1. The molecule has 0 aromatic rings. The van der Waals surface area contributed by atoms with E-state index in [0.717, 1.165) is 25.9 Å². The Bertz CT molecular complexity index is 370. The first-order valence-corrected chi connectivity index (χ1v) is 7.31. The molecule has 4 heteroatoms. The van der Waals surface area contributed by atoms with E-state index < -0.39 is 11.9 Å². The third-order valence-electron chi connectivity index (χ3n) is 3.49. The maximum Gasteiger partial charge on any atom is 0.310 e. The van der Waals surface area contributed by atoms with Crippen molar-refractivity contribution in [2.45, 2.75) is 33.6 Å². The molecule has 1 aliphatic heterocycles. The van der Waals surface area contributed by atoms with Crippen LogP contribution in [0.5, 0.6) is 0 Å².